The lowest BCUT2D eigenvalue weighted by Gasteiger charge is -2.49. The molecular formula is C9H18N2. The van der Waals surface area contributed by atoms with Crippen LogP contribution in [0.5, 0.6) is 0 Å². The van der Waals surface area contributed by atoms with Crippen LogP contribution in [0, 0.1) is 11.8 Å². The molecule has 0 atom stereocenters. The van der Waals surface area contributed by atoms with E-state index in [1.165, 1.54) is 32.7 Å². The molecule has 2 heteroatoms. The Morgan fingerprint density at radius 2 is 1.64 bits per heavy atom. The van der Waals surface area contributed by atoms with E-state index in [-0.39, 0.29) is 0 Å². The van der Waals surface area contributed by atoms with E-state index in [0.29, 0.717) is 0 Å². The highest BCUT2D eigenvalue weighted by Crippen LogP contribution is 2.29. The van der Waals surface area contributed by atoms with Crippen molar-refractivity contribution >= 4 is 0 Å². The molecule has 0 radical (unpaired) electrons. The van der Waals surface area contributed by atoms with Crippen LogP contribution in [0.25, 0.3) is 0 Å². The van der Waals surface area contributed by atoms with Gasteiger partial charge in [0.25, 0.3) is 0 Å². The highest BCUT2D eigenvalue weighted by molar-refractivity contribution is 4.91. The summed E-state index contributed by atoms with van der Waals surface area (Å²) >= 11 is 0. The molecule has 2 heterocycles. The monoisotopic (exact) mass is 154 g/mol. The summed E-state index contributed by atoms with van der Waals surface area (Å²) in [4.78, 5) is 4.95. The molecule has 0 aromatic heterocycles. The molecular weight excluding hydrogens is 136 g/mol. The second-order valence-corrected chi connectivity index (χ2v) is 4.09. The minimum Gasteiger partial charge on any atom is -0.306 e. The topological polar surface area (TPSA) is 6.48 Å². The molecule has 0 aromatic carbocycles. The summed E-state index contributed by atoms with van der Waals surface area (Å²) in [6.45, 7) is 8.94. The number of hydrogen-bond donors (Lipinski definition) is 0. The normalized spacial score (nSPS) is 30.0. The zero-order chi connectivity index (χ0) is 7.84. The maximum atomic E-state index is 2.53. The van der Waals surface area contributed by atoms with Gasteiger partial charge in [0.05, 0.1) is 0 Å². The average molecular weight is 154 g/mol. The van der Waals surface area contributed by atoms with Crippen molar-refractivity contribution in [3.8, 4) is 0 Å². The third kappa shape index (κ3) is 1.30. The largest absolute Gasteiger partial charge is 0.306 e. The summed E-state index contributed by atoms with van der Waals surface area (Å²) in [6.07, 6.45) is 0. The lowest BCUT2D eigenvalue weighted by molar-refractivity contribution is -0.00786. The highest BCUT2D eigenvalue weighted by Gasteiger charge is 2.37. The van der Waals surface area contributed by atoms with Gasteiger partial charge in [0.1, 0.15) is 0 Å². The van der Waals surface area contributed by atoms with E-state index >= 15 is 0 Å². The van der Waals surface area contributed by atoms with Gasteiger partial charge in [-0.15, -0.1) is 0 Å². The first-order valence-electron chi connectivity index (χ1n) is 4.70. The fourth-order valence-electron chi connectivity index (χ4n) is 2.21. The molecule has 11 heavy (non-hydrogen) atoms. The zero-order valence-corrected chi connectivity index (χ0v) is 7.58. The molecule has 2 saturated heterocycles. The average Bonchev–Trinajstić information content (AvgIpc) is 1.81. The molecule has 2 aliphatic rings. The molecule has 0 bridgehead atoms. The Morgan fingerprint density at radius 1 is 1.09 bits per heavy atom. The summed E-state index contributed by atoms with van der Waals surface area (Å²) in [5, 5.41) is 0. The minimum atomic E-state index is 1.03. The van der Waals surface area contributed by atoms with Gasteiger partial charge in [0.2, 0.25) is 0 Å². The Labute approximate surface area is 69.2 Å². The molecule has 2 rings (SSSR count). The Kier molecular flexibility index (Phi) is 1.90. The fourth-order valence-corrected chi connectivity index (χ4v) is 2.21. The molecule has 0 spiro atoms. The molecule has 0 unspecified atom stereocenters. The van der Waals surface area contributed by atoms with Gasteiger partial charge in [-0.2, -0.15) is 0 Å². The number of hydrogen-bond acceptors (Lipinski definition) is 2. The smallest absolute Gasteiger partial charge is 0.00255 e. The summed E-state index contributed by atoms with van der Waals surface area (Å²) < 4.78 is 0. The third-order valence-corrected chi connectivity index (χ3v) is 3.19. The van der Waals surface area contributed by atoms with E-state index in [4.69, 9.17) is 0 Å². The van der Waals surface area contributed by atoms with Crippen LogP contribution in [0.3, 0.4) is 0 Å². The molecule has 0 N–H and O–H groups in total. The van der Waals surface area contributed by atoms with Gasteiger partial charge in [-0.3, -0.25) is 0 Å². The standard InChI is InChI=1S/C9H18N2/c1-3-11-6-9(7-11)8-4-10(2)5-8/h8-9H,3-7H2,1-2H3. The van der Waals surface area contributed by atoms with Crippen LogP contribution in [0.15, 0.2) is 0 Å². The predicted octanol–water partition coefficient (Wildman–Crippen LogP) is 0.500. The molecule has 2 aliphatic heterocycles. The van der Waals surface area contributed by atoms with E-state index in [1.807, 2.05) is 0 Å². The molecule has 0 aromatic rings. The Morgan fingerprint density at radius 3 is 2.09 bits per heavy atom. The van der Waals surface area contributed by atoms with Crippen molar-refractivity contribution in [1.82, 2.24) is 9.80 Å². The van der Waals surface area contributed by atoms with Crippen molar-refractivity contribution in [3.63, 3.8) is 0 Å². The molecule has 2 nitrogen and oxygen atoms in total. The van der Waals surface area contributed by atoms with Crippen LogP contribution in [0.2, 0.25) is 0 Å². The van der Waals surface area contributed by atoms with Crippen LogP contribution in [0.1, 0.15) is 6.92 Å². The van der Waals surface area contributed by atoms with Gasteiger partial charge >= 0.3 is 0 Å². The first kappa shape index (κ1) is 7.56. The van der Waals surface area contributed by atoms with E-state index < -0.39 is 0 Å². The molecule has 0 saturated carbocycles. The van der Waals surface area contributed by atoms with Gasteiger partial charge < -0.3 is 9.80 Å². The number of nitrogens with zero attached hydrogens (tertiary/aromatic N) is 2. The van der Waals surface area contributed by atoms with Crippen LogP contribution < -0.4 is 0 Å². The summed E-state index contributed by atoms with van der Waals surface area (Å²) in [5.41, 5.74) is 0. The second-order valence-electron chi connectivity index (χ2n) is 4.09. The number of rotatable bonds is 2. The van der Waals surface area contributed by atoms with Crippen LogP contribution in [-0.2, 0) is 0 Å². The van der Waals surface area contributed by atoms with Crippen LogP contribution in [0.4, 0.5) is 0 Å². The maximum Gasteiger partial charge on any atom is 0.00255 e. The molecule has 2 fully saturated rings. The van der Waals surface area contributed by atoms with Crippen LogP contribution in [-0.4, -0.2) is 49.6 Å². The Hall–Kier alpha value is -0.0800. The van der Waals surface area contributed by atoms with E-state index in [9.17, 15) is 0 Å². The van der Waals surface area contributed by atoms with Gasteiger partial charge in [-0.05, 0) is 25.4 Å². The maximum absolute atomic E-state index is 2.53. The van der Waals surface area contributed by atoms with Crippen LogP contribution >= 0.6 is 0 Å². The quantitative estimate of drug-likeness (QED) is 0.571. The lowest BCUT2D eigenvalue weighted by Crippen LogP contribution is -2.58. The molecule has 64 valence electrons. The van der Waals surface area contributed by atoms with Crippen molar-refractivity contribution < 1.29 is 0 Å². The highest BCUT2D eigenvalue weighted by atomic mass is 15.2. The molecule has 0 aliphatic carbocycles. The zero-order valence-electron chi connectivity index (χ0n) is 7.58. The third-order valence-electron chi connectivity index (χ3n) is 3.19. The van der Waals surface area contributed by atoms with Crippen molar-refractivity contribution in [2.45, 2.75) is 6.92 Å². The SMILES string of the molecule is CCN1CC(C2CN(C)C2)C1. The van der Waals surface area contributed by atoms with Gasteiger partial charge in [0.15, 0.2) is 0 Å². The molecule has 0 amide bonds. The van der Waals surface area contributed by atoms with Gasteiger partial charge in [-0.25, -0.2) is 0 Å². The Balaban J connectivity index is 1.67. The van der Waals surface area contributed by atoms with Crippen molar-refractivity contribution in [1.29, 1.82) is 0 Å². The second kappa shape index (κ2) is 2.76. The Bertz CT molecular complexity index is 134. The summed E-state index contributed by atoms with van der Waals surface area (Å²) in [5.74, 6) is 2.06. The van der Waals surface area contributed by atoms with E-state index in [0.717, 1.165) is 11.8 Å². The minimum absolute atomic E-state index is 1.03. The first-order valence-corrected chi connectivity index (χ1v) is 4.70. The van der Waals surface area contributed by atoms with Crippen molar-refractivity contribution in [2.75, 3.05) is 39.8 Å². The lowest BCUT2D eigenvalue weighted by atomic mass is 9.81. The van der Waals surface area contributed by atoms with Gasteiger partial charge in [0, 0.05) is 26.2 Å². The fraction of sp³-hybridized carbons (Fsp3) is 1.00. The first-order chi connectivity index (χ1) is 5.29. The van der Waals surface area contributed by atoms with E-state index in [2.05, 4.69) is 23.8 Å². The van der Waals surface area contributed by atoms with Crippen molar-refractivity contribution in [3.05, 3.63) is 0 Å². The van der Waals surface area contributed by atoms with E-state index in [1.54, 1.807) is 0 Å². The number of likely N-dealkylation sites (tertiary alicyclic amines) is 2. The van der Waals surface area contributed by atoms with Crippen molar-refractivity contribution in [2.24, 2.45) is 11.8 Å². The van der Waals surface area contributed by atoms with Gasteiger partial charge in [-0.1, -0.05) is 6.92 Å². The predicted molar refractivity (Wildman–Crippen MR) is 46.6 cm³/mol. The summed E-state index contributed by atoms with van der Waals surface area (Å²) in [7, 11) is 2.22. The summed E-state index contributed by atoms with van der Waals surface area (Å²) in [6, 6.07) is 0.